The zero-order valence-electron chi connectivity index (χ0n) is 18.6. The Bertz CT molecular complexity index is 1120. The van der Waals surface area contributed by atoms with Crippen LogP contribution in [0.2, 0.25) is 0 Å². The topological polar surface area (TPSA) is 75.7 Å². The number of benzene rings is 2. The normalized spacial score (nSPS) is 19.3. The summed E-state index contributed by atoms with van der Waals surface area (Å²) >= 11 is 0. The summed E-state index contributed by atoms with van der Waals surface area (Å²) in [5.74, 6) is 1.34. The van der Waals surface area contributed by atoms with Crippen molar-refractivity contribution in [2.24, 2.45) is 11.8 Å². The fourth-order valence-corrected chi connectivity index (χ4v) is 5.22. The molecule has 184 valence electrons. The molecule has 1 aliphatic heterocycles. The average molecular weight is 497 g/mol. The van der Waals surface area contributed by atoms with Crippen molar-refractivity contribution >= 4 is 15.8 Å². The Morgan fingerprint density at radius 3 is 2.50 bits per heavy atom. The molecule has 0 spiro atoms. The number of carbonyl (C=O) groups is 1. The first-order valence-electron chi connectivity index (χ1n) is 11.3. The number of Topliss-reactive ketones (excluding diaryl/α,β-unsaturated/α-hetero) is 1. The molecule has 2 aromatic carbocycles. The molecule has 2 aromatic rings. The van der Waals surface area contributed by atoms with Crippen LogP contribution < -0.4 is 9.57 Å². The van der Waals surface area contributed by atoms with Crippen molar-refractivity contribution in [1.29, 1.82) is 0 Å². The molecule has 1 N–H and O–H groups in total. The molecular weight excluding hydrogens is 469 g/mol. The minimum absolute atomic E-state index is 0.187. The predicted molar refractivity (Wildman–Crippen MR) is 120 cm³/mol. The monoisotopic (exact) mass is 496 g/mol. The maximum atomic E-state index is 12.9. The summed E-state index contributed by atoms with van der Waals surface area (Å²) in [6.07, 6.45) is -0.266. The Hall–Kier alpha value is -2.43. The Balaban J connectivity index is 1.20. The Morgan fingerprint density at radius 1 is 1.09 bits per heavy atom. The number of sulfonamides is 1. The first kappa shape index (κ1) is 24.7. The molecule has 2 aliphatic rings. The fraction of sp³-hybridized carbons (Fsp3) is 0.458. The van der Waals surface area contributed by atoms with Crippen LogP contribution in [0.15, 0.2) is 53.4 Å². The summed E-state index contributed by atoms with van der Waals surface area (Å²) in [6.45, 7) is 1.47. The van der Waals surface area contributed by atoms with Gasteiger partial charge in [-0.05, 0) is 80.5 Å². The molecule has 0 amide bonds. The highest BCUT2D eigenvalue weighted by atomic mass is 32.2. The van der Waals surface area contributed by atoms with Gasteiger partial charge in [-0.2, -0.15) is 13.2 Å². The second-order valence-corrected chi connectivity index (χ2v) is 10.5. The van der Waals surface area contributed by atoms with E-state index in [2.05, 4.69) is 4.83 Å². The molecule has 1 aliphatic carbocycles. The minimum Gasteiger partial charge on any atom is -0.494 e. The van der Waals surface area contributed by atoms with Gasteiger partial charge in [0, 0.05) is 24.6 Å². The van der Waals surface area contributed by atoms with Crippen molar-refractivity contribution in [3.05, 3.63) is 59.7 Å². The highest BCUT2D eigenvalue weighted by Gasteiger charge is 2.33. The lowest BCUT2D eigenvalue weighted by Crippen LogP contribution is -2.40. The lowest BCUT2D eigenvalue weighted by molar-refractivity contribution is -0.137. The van der Waals surface area contributed by atoms with Gasteiger partial charge in [-0.3, -0.25) is 4.79 Å². The molecule has 1 saturated carbocycles. The third-order valence-corrected chi connectivity index (χ3v) is 7.49. The largest absolute Gasteiger partial charge is 0.494 e. The van der Waals surface area contributed by atoms with E-state index in [0.717, 1.165) is 50.3 Å². The van der Waals surface area contributed by atoms with E-state index in [4.69, 9.17) is 4.74 Å². The number of nitrogens with zero attached hydrogens (tertiary/aromatic N) is 1. The zero-order chi connectivity index (χ0) is 24.3. The number of halogens is 3. The van der Waals surface area contributed by atoms with Gasteiger partial charge in [0.25, 0.3) is 10.0 Å². The van der Waals surface area contributed by atoms with E-state index in [-0.39, 0.29) is 17.6 Å². The summed E-state index contributed by atoms with van der Waals surface area (Å²) in [4.78, 5) is 14.0. The fourth-order valence-electron chi connectivity index (χ4n) is 4.07. The van der Waals surface area contributed by atoms with E-state index in [1.807, 2.05) is 0 Å². The third-order valence-electron chi connectivity index (χ3n) is 6.12. The van der Waals surface area contributed by atoms with Gasteiger partial charge < -0.3 is 4.74 Å². The van der Waals surface area contributed by atoms with Gasteiger partial charge in [0.05, 0.1) is 17.1 Å². The van der Waals surface area contributed by atoms with Crippen molar-refractivity contribution in [2.45, 2.75) is 43.2 Å². The van der Waals surface area contributed by atoms with Gasteiger partial charge in [-0.15, -0.1) is 4.83 Å². The number of hydrogen-bond donors (Lipinski definition) is 1. The van der Waals surface area contributed by atoms with Gasteiger partial charge >= 0.3 is 6.18 Å². The van der Waals surface area contributed by atoms with Gasteiger partial charge in [0.2, 0.25) is 0 Å². The summed E-state index contributed by atoms with van der Waals surface area (Å²) in [7, 11) is -4.10. The van der Waals surface area contributed by atoms with Crippen LogP contribution in [0, 0.1) is 11.8 Å². The number of ether oxygens (including phenoxy) is 1. The van der Waals surface area contributed by atoms with Crippen molar-refractivity contribution < 1.29 is 31.1 Å². The smallest absolute Gasteiger partial charge is 0.416 e. The molecule has 10 heteroatoms. The predicted octanol–water partition coefficient (Wildman–Crippen LogP) is 4.67. The molecule has 4 rings (SSSR count). The lowest BCUT2D eigenvalue weighted by atomic mass is 10.0. The summed E-state index contributed by atoms with van der Waals surface area (Å²) in [5.41, 5.74) is -0.285. The van der Waals surface area contributed by atoms with Crippen molar-refractivity contribution in [2.75, 3.05) is 19.7 Å². The molecule has 2 fully saturated rings. The van der Waals surface area contributed by atoms with Gasteiger partial charge in [-0.25, -0.2) is 13.4 Å². The Kier molecular flexibility index (Phi) is 7.30. The molecule has 1 saturated heterocycles. The van der Waals surface area contributed by atoms with E-state index in [1.54, 1.807) is 24.3 Å². The van der Waals surface area contributed by atoms with E-state index in [0.29, 0.717) is 37.1 Å². The number of alkyl halides is 3. The number of hydrogen-bond acceptors (Lipinski definition) is 5. The molecule has 1 atom stereocenters. The molecular formula is C24H27F3N2O4S. The second-order valence-electron chi connectivity index (χ2n) is 8.87. The van der Waals surface area contributed by atoms with Crippen LogP contribution in [0.1, 0.15) is 48.0 Å². The van der Waals surface area contributed by atoms with Crippen molar-refractivity contribution in [1.82, 2.24) is 9.84 Å². The molecule has 34 heavy (non-hydrogen) atoms. The minimum atomic E-state index is -4.61. The first-order chi connectivity index (χ1) is 16.1. The van der Waals surface area contributed by atoms with Gasteiger partial charge in [-0.1, -0.05) is 6.07 Å². The van der Waals surface area contributed by atoms with E-state index < -0.39 is 26.7 Å². The molecule has 6 nitrogen and oxygen atoms in total. The van der Waals surface area contributed by atoms with Crippen LogP contribution in [0.3, 0.4) is 0 Å². The molecule has 0 radical (unpaired) electrons. The molecule has 0 bridgehead atoms. The first-order valence-corrected chi connectivity index (χ1v) is 12.8. The average Bonchev–Trinajstić information content (AvgIpc) is 3.56. The van der Waals surface area contributed by atoms with Crippen LogP contribution in [-0.2, 0) is 16.2 Å². The van der Waals surface area contributed by atoms with Gasteiger partial charge in [0.15, 0.2) is 5.78 Å². The molecule has 0 unspecified atom stereocenters. The quantitative estimate of drug-likeness (QED) is 0.382. The molecule has 1 heterocycles. The Labute approximate surface area is 197 Å². The highest BCUT2D eigenvalue weighted by molar-refractivity contribution is 7.89. The maximum absolute atomic E-state index is 12.9. The van der Waals surface area contributed by atoms with E-state index in [1.165, 1.54) is 5.01 Å². The number of hydrazine groups is 1. The van der Waals surface area contributed by atoms with Crippen molar-refractivity contribution in [3.8, 4) is 5.75 Å². The van der Waals surface area contributed by atoms with Gasteiger partial charge in [0.1, 0.15) is 5.75 Å². The van der Waals surface area contributed by atoms with Crippen LogP contribution in [-0.4, -0.2) is 38.9 Å². The van der Waals surface area contributed by atoms with Crippen LogP contribution in [0.5, 0.6) is 5.75 Å². The van der Waals surface area contributed by atoms with Crippen LogP contribution in [0.4, 0.5) is 13.2 Å². The van der Waals surface area contributed by atoms with Crippen LogP contribution >= 0.6 is 0 Å². The standard InChI is InChI=1S/C24H27F3N2O4S/c25-24(26,27)20-4-1-5-22(15-20)34(31,32)28-29-13-12-17(16-29)3-2-14-33-21-10-8-19(9-11-21)23(30)18-6-7-18/h1,4-5,8-11,15,17-18,28H,2-3,6-7,12-14,16H2/t17-/m1/s1. The lowest BCUT2D eigenvalue weighted by Gasteiger charge is -2.18. The Morgan fingerprint density at radius 2 is 1.82 bits per heavy atom. The molecule has 0 aromatic heterocycles. The highest BCUT2D eigenvalue weighted by Crippen LogP contribution is 2.33. The van der Waals surface area contributed by atoms with Crippen LogP contribution in [0.25, 0.3) is 0 Å². The van der Waals surface area contributed by atoms with E-state index >= 15 is 0 Å². The number of rotatable bonds is 10. The summed E-state index contributed by atoms with van der Waals surface area (Å²) in [5, 5.41) is 1.54. The van der Waals surface area contributed by atoms with Crippen molar-refractivity contribution in [3.63, 3.8) is 0 Å². The van der Waals surface area contributed by atoms with E-state index in [9.17, 15) is 26.4 Å². The number of ketones is 1. The number of carbonyl (C=O) groups excluding carboxylic acids is 1. The third kappa shape index (κ3) is 6.37. The number of nitrogens with one attached hydrogen (secondary N) is 1. The zero-order valence-corrected chi connectivity index (χ0v) is 19.4. The second kappa shape index (κ2) is 10.1. The summed E-state index contributed by atoms with van der Waals surface area (Å²) < 4.78 is 69.5. The summed E-state index contributed by atoms with van der Waals surface area (Å²) in [6, 6.07) is 10.9. The SMILES string of the molecule is O=C(c1ccc(OCCC[C@@H]2CCN(NS(=O)(=O)c3cccc(C(F)(F)F)c3)C2)cc1)C1CC1. The maximum Gasteiger partial charge on any atom is 0.416 e.